The number of hydrogen-bond donors (Lipinski definition) is 1. The summed E-state index contributed by atoms with van der Waals surface area (Å²) in [5.74, 6) is 1.83. The summed E-state index contributed by atoms with van der Waals surface area (Å²) in [6.07, 6.45) is 0. The molecule has 3 aromatic rings. The summed E-state index contributed by atoms with van der Waals surface area (Å²) in [7, 11) is 4.79. The Morgan fingerprint density at radius 3 is 2.41 bits per heavy atom. The van der Waals surface area contributed by atoms with Gasteiger partial charge in [0.05, 0.1) is 21.3 Å². The quantitative estimate of drug-likeness (QED) is 0.672. The van der Waals surface area contributed by atoms with Crippen LogP contribution in [0.4, 0.5) is 0 Å². The molecule has 0 radical (unpaired) electrons. The Hall–Kier alpha value is -3.06. The fourth-order valence-corrected chi connectivity index (χ4v) is 3.31. The minimum atomic E-state index is -0.221. The molecule has 27 heavy (non-hydrogen) atoms. The summed E-state index contributed by atoms with van der Waals surface area (Å²) < 4.78 is 15.7. The second kappa shape index (κ2) is 8.55. The van der Waals surface area contributed by atoms with E-state index < -0.39 is 0 Å². The van der Waals surface area contributed by atoms with Crippen molar-refractivity contribution in [2.75, 3.05) is 21.3 Å². The second-order valence-corrected chi connectivity index (χ2v) is 6.50. The topological polar surface area (TPSA) is 69.7 Å². The van der Waals surface area contributed by atoms with E-state index in [9.17, 15) is 4.79 Å². The lowest BCUT2D eigenvalue weighted by Gasteiger charge is -2.10. The summed E-state index contributed by atoms with van der Waals surface area (Å²) in [4.78, 5) is 16.8. The van der Waals surface area contributed by atoms with Crippen LogP contribution >= 0.6 is 11.3 Å². The minimum Gasteiger partial charge on any atom is -0.497 e. The van der Waals surface area contributed by atoms with Gasteiger partial charge in [0.15, 0.2) is 11.5 Å². The van der Waals surface area contributed by atoms with E-state index >= 15 is 0 Å². The number of methoxy groups -OCH3 is 3. The molecular weight excluding hydrogens is 364 g/mol. The molecule has 0 atom stereocenters. The highest BCUT2D eigenvalue weighted by molar-refractivity contribution is 7.13. The van der Waals surface area contributed by atoms with E-state index in [2.05, 4.69) is 10.3 Å². The fourth-order valence-electron chi connectivity index (χ4n) is 2.51. The zero-order valence-corrected chi connectivity index (χ0v) is 16.1. The maximum absolute atomic E-state index is 12.4. The van der Waals surface area contributed by atoms with Crippen LogP contribution in [0.2, 0.25) is 0 Å². The molecule has 2 aromatic carbocycles. The molecule has 0 unspecified atom stereocenters. The number of ether oxygens (including phenoxy) is 3. The molecule has 7 heteroatoms. The maximum atomic E-state index is 12.4. The van der Waals surface area contributed by atoms with Crippen molar-refractivity contribution in [3.63, 3.8) is 0 Å². The van der Waals surface area contributed by atoms with Crippen LogP contribution in [-0.4, -0.2) is 32.2 Å². The van der Waals surface area contributed by atoms with E-state index in [1.165, 1.54) is 11.3 Å². The molecule has 3 rings (SSSR count). The van der Waals surface area contributed by atoms with Crippen molar-refractivity contribution < 1.29 is 19.0 Å². The SMILES string of the molecule is COc1ccc(-c2nc(C(=O)NCc3ccc(OC)c(OC)c3)cs2)cc1. The van der Waals surface area contributed by atoms with Crippen LogP contribution in [0.1, 0.15) is 16.1 Å². The lowest BCUT2D eigenvalue weighted by molar-refractivity contribution is 0.0946. The number of thiazole rings is 1. The third kappa shape index (κ3) is 4.38. The number of nitrogens with zero attached hydrogens (tertiary/aromatic N) is 1. The number of carbonyl (C=O) groups is 1. The number of carbonyl (C=O) groups excluding carboxylic acids is 1. The summed E-state index contributed by atoms with van der Waals surface area (Å²) in [5, 5.41) is 5.42. The second-order valence-electron chi connectivity index (χ2n) is 5.64. The third-order valence-corrected chi connectivity index (χ3v) is 4.87. The van der Waals surface area contributed by atoms with Crippen molar-refractivity contribution in [1.82, 2.24) is 10.3 Å². The Morgan fingerprint density at radius 2 is 1.74 bits per heavy atom. The first-order chi connectivity index (χ1) is 13.1. The van der Waals surface area contributed by atoms with Crippen LogP contribution in [0.3, 0.4) is 0 Å². The maximum Gasteiger partial charge on any atom is 0.271 e. The fraction of sp³-hybridized carbons (Fsp3) is 0.200. The Labute approximate surface area is 161 Å². The van der Waals surface area contributed by atoms with Crippen LogP contribution < -0.4 is 19.5 Å². The normalized spacial score (nSPS) is 10.3. The molecule has 1 N–H and O–H groups in total. The molecule has 0 aliphatic rings. The Kier molecular flexibility index (Phi) is 5.93. The molecule has 0 saturated heterocycles. The van der Waals surface area contributed by atoms with E-state index in [1.54, 1.807) is 26.7 Å². The number of benzene rings is 2. The first kappa shape index (κ1) is 18.7. The molecule has 0 spiro atoms. The van der Waals surface area contributed by atoms with Crippen molar-refractivity contribution >= 4 is 17.2 Å². The van der Waals surface area contributed by atoms with Crippen LogP contribution in [0.5, 0.6) is 17.2 Å². The number of amides is 1. The summed E-state index contributed by atoms with van der Waals surface area (Å²) >= 11 is 1.43. The smallest absolute Gasteiger partial charge is 0.271 e. The van der Waals surface area contributed by atoms with Gasteiger partial charge in [0.25, 0.3) is 5.91 Å². The molecule has 0 aliphatic carbocycles. The molecule has 0 aliphatic heterocycles. The molecule has 1 amide bonds. The van der Waals surface area contributed by atoms with Gasteiger partial charge in [-0.1, -0.05) is 6.07 Å². The van der Waals surface area contributed by atoms with Crippen LogP contribution in [0.15, 0.2) is 47.8 Å². The van der Waals surface area contributed by atoms with Gasteiger partial charge in [0.2, 0.25) is 0 Å². The van der Waals surface area contributed by atoms with E-state index in [0.717, 1.165) is 21.9 Å². The van der Waals surface area contributed by atoms with E-state index in [1.807, 2.05) is 42.5 Å². The summed E-state index contributed by atoms with van der Waals surface area (Å²) in [6.45, 7) is 0.370. The summed E-state index contributed by atoms with van der Waals surface area (Å²) in [6, 6.07) is 13.1. The van der Waals surface area contributed by atoms with Gasteiger partial charge in [-0.2, -0.15) is 0 Å². The highest BCUT2D eigenvalue weighted by Gasteiger charge is 2.12. The highest BCUT2D eigenvalue weighted by atomic mass is 32.1. The van der Waals surface area contributed by atoms with E-state index in [-0.39, 0.29) is 5.91 Å². The number of nitrogens with one attached hydrogen (secondary N) is 1. The zero-order chi connectivity index (χ0) is 19.2. The number of hydrogen-bond acceptors (Lipinski definition) is 6. The van der Waals surface area contributed by atoms with Crippen LogP contribution in [0, 0.1) is 0 Å². The van der Waals surface area contributed by atoms with Gasteiger partial charge in [-0.15, -0.1) is 11.3 Å². The van der Waals surface area contributed by atoms with Gasteiger partial charge in [0, 0.05) is 17.5 Å². The molecule has 140 valence electrons. The highest BCUT2D eigenvalue weighted by Crippen LogP contribution is 2.28. The molecule has 1 heterocycles. The summed E-state index contributed by atoms with van der Waals surface area (Å²) in [5.41, 5.74) is 2.25. The van der Waals surface area contributed by atoms with Gasteiger partial charge >= 0.3 is 0 Å². The molecule has 6 nitrogen and oxygen atoms in total. The minimum absolute atomic E-state index is 0.221. The Balaban J connectivity index is 1.65. The molecule has 0 fully saturated rings. The van der Waals surface area contributed by atoms with Crippen molar-refractivity contribution in [3.8, 4) is 27.8 Å². The van der Waals surface area contributed by atoms with Crippen molar-refractivity contribution in [2.45, 2.75) is 6.54 Å². The Morgan fingerprint density at radius 1 is 1.00 bits per heavy atom. The molecular formula is C20H20N2O4S. The molecule has 1 aromatic heterocycles. The van der Waals surface area contributed by atoms with Crippen molar-refractivity contribution in [1.29, 1.82) is 0 Å². The van der Waals surface area contributed by atoms with E-state index in [4.69, 9.17) is 14.2 Å². The van der Waals surface area contributed by atoms with Crippen molar-refractivity contribution in [2.24, 2.45) is 0 Å². The van der Waals surface area contributed by atoms with Crippen LogP contribution in [0.25, 0.3) is 10.6 Å². The first-order valence-corrected chi connectivity index (χ1v) is 9.11. The Bertz CT molecular complexity index is 922. The van der Waals surface area contributed by atoms with Gasteiger partial charge in [0.1, 0.15) is 16.5 Å². The van der Waals surface area contributed by atoms with Gasteiger partial charge in [-0.3, -0.25) is 4.79 Å². The van der Waals surface area contributed by atoms with Crippen LogP contribution in [-0.2, 0) is 6.54 Å². The van der Waals surface area contributed by atoms with Gasteiger partial charge in [-0.25, -0.2) is 4.98 Å². The first-order valence-electron chi connectivity index (χ1n) is 8.23. The monoisotopic (exact) mass is 384 g/mol. The molecule has 0 saturated carbocycles. The number of rotatable bonds is 7. The third-order valence-electron chi connectivity index (χ3n) is 3.97. The lowest BCUT2D eigenvalue weighted by atomic mass is 10.2. The van der Waals surface area contributed by atoms with Crippen molar-refractivity contribution in [3.05, 3.63) is 59.1 Å². The van der Waals surface area contributed by atoms with E-state index in [0.29, 0.717) is 23.7 Å². The predicted octanol–water partition coefficient (Wildman–Crippen LogP) is 3.77. The zero-order valence-electron chi connectivity index (χ0n) is 15.3. The van der Waals surface area contributed by atoms with Gasteiger partial charge in [-0.05, 0) is 42.0 Å². The average Bonchev–Trinajstić information content (AvgIpc) is 3.22. The standard InChI is InChI=1S/C20H20N2O4S/c1-24-15-7-5-14(6-8-15)20-22-16(12-27-20)19(23)21-11-13-4-9-17(25-2)18(10-13)26-3/h4-10,12H,11H2,1-3H3,(H,21,23). The predicted molar refractivity (Wildman–Crippen MR) is 105 cm³/mol. The molecule has 0 bridgehead atoms. The lowest BCUT2D eigenvalue weighted by Crippen LogP contribution is -2.23. The number of aromatic nitrogens is 1. The average molecular weight is 384 g/mol. The van der Waals surface area contributed by atoms with Gasteiger partial charge < -0.3 is 19.5 Å². The largest absolute Gasteiger partial charge is 0.497 e.